The summed E-state index contributed by atoms with van der Waals surface area (Å²) in [5.74, 6) is -5.63. The predicted molar refractivity (Wildman–Crippen MR) is 103 cm³/mol. The van der Waals surface area contributed by atoms with Gasteiger partial charge in [0.15, 0.2) is 0 Å². The van der Waals surface area contributed by atoms with Crippen molar-refractivity contribution >= 4 is 47.1 Å². The van der Waals surface area contributed by atoms with Gasteiger partial charge < -0.3 is 20.3 Å². The van der Waals surface area contributed by atoms with Crippen LogP contribution in [-0.4, -0.2) is 70.3 Å². The summed E-state index contributed by atoms with van der Waals surface area (Å²) >= 11 is 0.855. The number of Topliss-reactive ketones (excluding diaryl/α,β-unsaturated/α-hetero) is 2. The molecule has 0 spiro atoms. The molecule has 1 unspecified atom stereocenters. The number of carboxylic acids is 2. The van der Waals surface area contributed by atoms with Crippen molar-refractivity contribution in [3.63, 3.8) is 0 Å². The van der Waals surface area contributed by atoms with Crippen LogP contribution >= 0.6 is 11.8 Å². The lowest BCUT2D eigenvalue weighted by atomic mass is 9.95. The fourth-order valence-electron chi connectivity index (χ4n) is 2.22. The third kappa shape index (κ3) is 11.9. The number of thioether (sulfide) groups is 1. The highest BCUT2D eigenvalue weighted by Crippen LogP contribution is 2.23. The second-order valence-corrected chi connectivity index (χ2v) is 7.78. The summed E-state index contributed by atoms with van der Waals surface area (Å²) in [5, 5.41) is 18.7. The first-order valence-corrected chi connectivity index (χ1v) is 9.95. The molecule has 164 valence electrons. The molecular weight excluding hydrogens is 406 g/mol. The van der Waals surface area contributed by atoms with Gasteiger partial charge in [-0.05, 0) is 13.3 Å². The summed E-state index contributed by atoms with van der Waals surface area (Å²) in [4.78, 5) is 69.1. The maximum Gasteiger partial charge on any atom is 0.322 e. The molecule has 0 aliphatic carbocycles. The van der Waals surface area contributed by atoms with Crippen molar-refractivity contribution < 1.29 is 43.7 Å². The molecule has 0 aliphatic rings. The van der Waals surface area contributed by atoms with E-state index >= 15 is 0 Å². The van der Waals surface area contributed by atoms with Crippen molar-refractivity contribution in [2.24, 2.45) is 11.8 Å². The first kappa shape index (κ1) is 26.6. The van der Waals surface area contributed by atoms with Crippen LogP contribution in [0.4, 0.5) is 0 Å². The molecule has 0 saturated heterocycles. The average Bonchev–Trinajstić information content (AvgIpc) is 2.64. The Balaban J connectivity index is 5.07. The molecule has 3 N–H and O–H groups in total. The molecule has 0 radical (unpaired) electrons. The number of methoxy groups -OCH3 is 1. The number of aliphatic carboxylic acids is 2. The van der Waals surface area contributed by atoms with Gasteiger partial charge in [-0.2, -0.15) is 0 Å². The largest absolute Gasteiger partial charge is 0.481 e. The van der Waals surface area contributed by atoms with Crippen LogP contribution in [0.25, 0.3) is 0 Å². The maximum atomic E-state index is 12.3. The SMILES string of the molecule is COC(=O)C(CC(=O)O)SC[C@H](CC(=O)CC[C@H](C)C(C)=O)C(=O)NCC(=O)O. The fourth-order valence-corrected chi connectivity index (χ4v) is 3.45. The van der Waals surface area contributed by atoms with Gasteiger partial charge in [0.1, 0.15) is 23.4 Å². The molecule has 0 bridgehead atoms. The molecule has 0 aromatic heterocycles. The van der Waals surface area contributed by atoms with Crippen LogP contribution < -0.4 is 5.32 Å². The Morgan fingerprint density at radius 3 is 2.14 bits per heavy atom. The number of carbonyl (C=O) groups is 6. The van der Waals surface area contributed by atoms with Crippen molar-refractivity contribution in [2.45, 2.75) is 44.8 Å². The Morgan fingerprint density at radius 1 is 1.03 bits per heavy atom. The minimum atomic E-state index is -1.26. The van der Waals surface area contributed by atoms with Gasteiger partial charge >= 0.3 is 17.9 Å². The highest BCUT2D eigenvalue weighted by atomic mass is 32.2. The molecule has 0 aliphatic heterocycles. The van der Waals surface area contributed by atoms with E-state index in [0.29, 0.717) is 6.42 Å². The summed E-state index contributed by atoms with van der Waals surface area (Å²) in [6.45, 7) is 2.48. The van der Waals surface area contributed by atoms with E-state index in [9.17, 15) is 28.8 Å². The lowest BCUT2D eigenvalue weighted by Gasteiger charge is -2.18. The number of carbonyl (C=O) groups excluding carboxylic acids is 4. The van der Waals surface area contributed by atoms with Crippen LogP contribution in [0.5, 0.6) is 0 Å². The minimum Gasteiger partial charge on any atom is -0.481 e. The smallest absolute Gasteiger partial charge is 0.322 e. The lowest BCUT2D eigenvalue weighted by Crippen LogP contribution is -2.37. The van der Waals surface area contributed by atoms with Crippen LogP contribution in [0, 0.1) is 11.8 Å². The van der Waals surface area contributed by atoms with Gasteiger partial charge in [0.2, 0.25) is 5.91 Å². The van der Waals surface area contributed by atoms with E-state index < -0.39 is 47.9 Å². The zero-order valence-electron chi connectivity index (χ0n) is 16.6. The number of rotatable bonds is 15. The molecule has 29 heavy (non-hydrogen) atoms. The van der Waals surface area contributed by atoms with Crippen molar-refractivity contribution in [2.75, 3.05) is 19.4 Å². The molecule has 11 heteroatoms. The number of carboxylic acid groups (broad SMARTS) is 2. The van der Waals surface area contributed by atoms with Crippen molar-refractivity contribution in [1.82, 2.24) is 5.32 Å². The highest BCUT2D eigenvalue weighted by molar-refractivity contribution is 8.00. The standard InChI is InChI=1S/C18H27NO9S/c1-10(11(2)20)4-5-13(21)6-12(17(26)19-8-16(24)25)9-29-14(7-15(22)23)18(27)28-3/h10,12,14H,4-9H2,1-3H3,(H,19,26)(H,22,23)(H,24,25)/t10-,12-,14?/m0/s1. The molecule has 3 atom stereocenters. The molecule has 0 fully saturated rings. The number of ketones is 2. The van der Waals surface area contributed by atoms with E-state index in [1.165, 1.54) is 6.92 Å². The maximum absolute atomic E-state index is 12.3. The van der Waals surface area contributed by atoms with Crippen molar-refractivity contribution in [3.8, 4) is 0 Å². The molecule has 10 nitrogen and oxygen atoms in total. The first-order chi connectivity index (χ1) is 13.5. The first-order valence-electron chi connectivity index (χ1n) is 8.90. The summed E-state index contributed by atoms with van der Waals surface area (Å²) < 4.78 is 4.55. The normalized spacial score (nSPS) is 13.6. The highest BCUT2D eigenvalue weighted by Gasteiger charge is 2.28. The number of hydrogen-bond acceptors (Lipinski definition) is 8. The Labute approximate surface area is 172 Å². The molecule has 0 saturated carbocycles. The summed E-state index contributed by atoms with van der Waals surface area (Å²) in [6, 6.07) is 0. The number of hydrogen-bond donors (Lipinski definition) is 3. The van der Waals surface area contributed by atoms with Crippen LogP contribution in [0.3, 0.4) is 0 Å². The zero-order valence-corrected chi connectivity index (χ0v) is 17.5. The number of ether oxygens (including phenoxy) is 1. The third-order valence-corrected chi connectivity index (χ3v) is 5.49. The molecule has 0 aromatic rings. The molecule has 0 heterocycles. The van der Waals surface area contributed by atoms with E-state index in [-0.39, 0.29) is 36.1 Å². The van der Waals surface area contributed by atoms with Crippen molar-refractivity contribution in [1.29, 1.82) is 0 Å². The van der Waals surface area contributed by atoms with E-state index in [0.717, 1.165) is 18.9 Å². The van der Waals surface area contributed by atoms with Crippen LogP contribution in [0.1, 0.15) is 39.5 Å². The lowest BCUT2D eigenvalue weighted by molar-refractivity contribution is -0.144. The number of amides is 1. The number of nitrogens with one attached hydrogen (secondary N) is 1. The molecule has 0 rings (SSSR count). The fraction of sp³-hybridized carbons (Fsp3) is 0.667. The van der Waals surface area contributed by atoms with Gasteiger partial charge in [-0.15, -0.1) is 11.8 Å². The van der Waals surface area contributed by atoms with Gasteiger partial charge in [0.05, 0.1) is 19.4 Å². The Hall–Kier alpha value is -2.43. The van der Waals surface area contributed by atoms with Gasteiger partial charge in [0, 0.05) is 24.5 Å². The summed E-state index contributed by atoms with van der Waals surface area (Å²) in [5.41, 5.74) is 0. The van der Waals surface area contributed by atoms with Crippen LogP contribution in [-0.2, 0) is 33.5 Å². The van der Waals surface area contributed by atoms with E-state index in [1.807, 2.05) is 0 Å². The predicted octanol–water partition coefficient (Wildman–Crippen LogP) is 0.517. The Morgan fingerprint density at radius 2 is 1.66 bits per heavy atom. The topological polar surface area (TPSA) is 164 Å². The van der Waals surface area contributed by atoms with Gasteiger partial charge in [0.25, 0.3) is 0 Å². The number of esters is 1. The Kier molecular flexibility index (Phi) is 12.5. The molecular formula is C18H27NO9S. The minimum absolute atomic E-state index is 0.0568. The third-order valence-electron chi connectivity index (χ3n) is 4.13. The van der Waals surface area contributed by atoms with E-state index in [1.54, 1.807) is 6.92 Å². The second kappa shape index (κ2) is 13.7. The summed E-state index contributed by atoms with van der Waals surface area (Å²) in [7, 11) is 1.11. The van der Waals surface area contributed by atoms with Crippen LogP contribution in [0.15, 0.2) is 0 Å². The van der Waals surface area contributed by atoms with Gasteiger partial charge in [-0.3, -0.25) is 28.8 Å². The summed E-state index contributed by atoms with van der Waals surface area (Å²) in [6.07, 6.45) is -0.340. The van der Waals surface area contributed by atoms with Crippen molar-refractivity contribution in [3.05, 3.63) is 0 Å². The zero-order chi connectivity index (χ0) is 22.6. The second-order valence-electron chi connectivity index (χ2n) is 6.54. The average molecular weight is 433 g/mol. The molecule has 0 aromatic carbocycles. The van der Waals surface area contributed by atoms with Crippen LogP contribution in [0.2, 0.25) is 0 Å². The quantitative estimate of drug-likeness (QED) is 0.310. The Bertz CT molecular complexity index is 635. The van der Waals surface area contributed by atoms with Gasteiger partial charge in [-0.1, -0.05) is 6.92 Å². The van der Waals surface area contributed by atoms with Gasteiger partial charge in [-0.25, -0.2) is 0 Å². The molecule has 1 amide bonds. The van der Waals surface area contributed by atoms with E-state index in [2.05, 4.69) is 10.1 Å². The monoisotopic (exact) mass is 433 g/mol. The van der Waals surface area contributed by atoms with E-state index in [4.69, 9.17) is 10.2 Å².